The van der Waals surface area contributed by atoms with E-state index >= 15 is 0 Å². The monoisotopic (exact) mass is 546 g/mol. The molecule has 0 aromatic rings. The van der Waals surface area contributed by atoms with Crippen molar-refractivity contribution < 1.29 is 29.0 Å². The fraction of sp³-hybridized carbons (Fsp3) is 0.759. The van der Waals surface area contributed by atoms with Gasteiger partial charge in [-0.25, -0.2) is 0 Å². The minimum atomic E-state index is -1.14. The largest absolute Gasteiger partial charge is 0.394 e. The lowest BCUT2D eigenvalue weighted by molar-refractivity contribution is -0.157. The molecule has 4 saturated heterocycles. The van der Waals surface area contributed by atoms with Gasteiger partial charge in [-0.2, -0.15) is 0 Å². The molecule has 10 nitrogen and oxygen atoms in total. The first-order valence-corrected chi connectivity index (χ1v) is 14.3. The molecule has 218 valence electrons. The van der Waals surface area contributed by atoms with E-state index in [-0.39, 0.29) is 30.2 Å². The lowest BCUT2D eigenvalue weighted by atomic mass is 9.62. The van der Waals surface area contributed by atoms with E-state index in [4.69, 9.17) is 9.47 Å². The standard InChI is InChI=1S/C29H46N4O6/c1-7-10-30(6)25(35)22-23-26(36)33(21(9-3)19-34)24(29(23)18-20(4)28(22,5)39-29)27(37)32(11-8-2)13-12-31-14-16-38-17-15-31/h7-8,20-24,34H,1-2,9-19H2,3-6H3/t20?,21-,22+,23-,24?,28-,29?/m0/s1. The molecule has 4 fully saturated rings. The van der Waals surface area contributed by atoms with Crippen LogP contribution in [-0.4, -0.2) is 132 Å². The maximum atomic E-state index is 14.5. The van der Waals surface area contributed by atoms with Gasteiger partial charge in [0.1, 0.15) is 11.6 Å². The molecule has 0 radical (unpaired) electrons. The molecule has 7 atom stereocenters. The predicted molar refractivity (Wildman–Crippen MR) is 147 cm³/mol. The first-order valence-electron chi connectivity index (χ1n) is 14.3. The number of aliphatic hydroxyl groups is 1. The molecule has 0 aliphatic carbocycles. The number of carbonyl (C=O) groups is 3. The number of ether oxygens (including phenoxy) is 2. The van der Waals surface area contributed by atoms with Gasteiger partial charge in [0.2, 0.25) is 17.7 Å². The summed E-state index contributed by atoms with van der Waals surface area (Å²) in [7, 11) is 1.70. The van der Waals surface area contributed by atoms with Crippen LogP contribution in [-0.2, 0) is 23.9 Å². The molecule has 3 unspecified atom stereocenters. The van der Waals surface area contributed by atoms with Gasteiger partial charge in [-0.3, -0.25) is 19.3 Å². The Hall–Kier alpha value is -2.27. The number of rotatable bonds is 12. The number of morpholine rings is 1. The molecule has 0 aromatic heterocycles. The van der Waals surface area contributed by atoms with Gasteiger partial charge in [-0.05, 0) is 25.7 Å². The maximum Gasteiger partial charge on any atom is 0.248 e. The maximum absolute atomic E-state index is 14.5. The number of carbonyl (C=O) groups excluding carboxylic acids is 3. The Bertz CT molecular complexity index is 965. The highest BCUT2D eigenvalue weighted by atomic mass is 16.5. The molecular weight excluding hydrogens is 500 g/mol. The van der Waals surface area contributed by atoms with Crippen LogP contribution in [0.25, 0.3) is 0 Å². The third-order valence-electron chi connectivity index (χ3n) is 9.56. The van der Waals surface area contributed by atoms with E-state index in [1.807, 2.05) is 20.8 Å². The third kappa shape index (κ3) is 4.83. The number of aliphatic hydroxyl groups excluding tert-OH is 1. The van der Waals surface area contributed by atoms with Crippen LogP contribution in [0.4, 0.5) is 0 Å². The number of hydrogen-bond acceptors (Lipinski definition) is 7. The quantitative estimate of drug-likeness (QED) is 0.361. The van der Waals surface area contributed by atoms with Gasteiger partial charge < -0.3 is 29.3 Å². The van der Waals surface area contributed by atoms with Crippen LogP contribution in [0.3, 0.4) is 0 Å². The number of likely N-dealkylation sites (N-methyl/N-ethyl adjacent to an activating group) is 1. The number of nitrogens with zero attached hydrogens (tertiary/aromatic N) is 4. The normalized spacial score (nSPS) is 34.6. The Morgan fingerprint density at radius 3 is 2.46 bits per heavy atom. The minimum absolute atomic E-state index is 0.0433. The Morgan fingerprint density at radius 1 is 1.21 bits per heavy atom. The summed E-state index contributed by atoms with van der Waals surface area (Å²) in [4.78, 5) is 49.8. The summed E-state index contributed by atoms with van der Waals surface area (Å²) in [5.41, 5.74) is -2.02. The van der Waals surface area contributed by atoms with Crippen LogP contribution < -0.4 is 0 Å². The van der Waals surface area contributed by atoms with Crippen LogP contribution in [0, 0.1) is 17.8 Å². The molecule has 0 saturated carbocycles. The minimum Gasteiger partial charge on any atom is -0.394 e. The topological polar surface area (TPSA) is 103 Å². The molecular formula is C29H46N4O6. The zero-order valence-electron chi connectivity index (χ0n) is 24.0. The lowest BCUT2D eigenvalue weighted by Gasteiger charge is -2.40. The van der Waals surface area contributed by atoms with E-state index in [0.29, 0.717) is 52.2 Å². The van der Waals surface area contributed by atoms with Gasteiger partial charge in [-0.1, -0.05) is 26.0 Å². The van der Waals surface area contributed by atoms with E-state index in [9.17, 15) is 19.5 Å². The second-order valence-electron chi connectivity index (χ2n) is 11.7. The summed E-state index contributed by atoms with van der Waals surface area (Å²) in [6.07, 6.45) is 4.33. The van der Waals surface area contributed by atoms with Crippen LogP contribution in [0.1, 0.15) is 33.6 Å². The van der Waals surface area contributed by atoms with E-state index < -0.39 is 35.1 Å². The van der Waals surface area contributed by atoms with Gasteiger partial charge in [0.05, 0.1) is 43.3 Å². The van der Waals surface area contributed by atoms with Crippen molar-refractivity contribution in [3.63, 3.8) is 0 Å². The Balaban J connectivity index is 1.74. The van der Waals surface area contributed by atoms with E-state index in [2.05, 4.69) is 18.1 Å². The molecule has 0 aromatic carbocycles. The van der Waals surface area contributed by atoms with Gasteiger partial charge in [0, 0.05) is 46.3 Å². The second kappa shape index (κ2) is 11.7. The molecule has 4 rings (SSSR count). The summed E-state index contributed by atoms with van der Waals surface area (Å²) >= 11 is 0. The second-order valence-corrected chi connectivity index (χ2v) is 11.7. The van der Waals surface area contributed by atoms with Crippen molar-refractivity contribution in [1.29, 1.82) is 0 Å². The first-order chi connectivity index (χ1) is 18.6. The highest BCUT2D eigenvalue weighted by molar-refractivity contribution is 5.99. The van der Waals surface area contributed by atoms with Gasteiger partial charge in [-0.15, -0.1) is 13.2 Å². The highest BCUT2D eigenvalue weighted by Crippen LogP contribution is 2.65. The third-order valence-corrected chi connectivity index (χ3v) is 9.56. The molecule has 2 bridgehead atoms. The van der Waals surface area contributed by atoms with Crippen molar-refractivity contribution in [1.82, 2.24) is 19.6 Å². The number of amides is 3. The Morgan fingerprint density at radius 2 is 1.87 bits per heavy atom. The SMILES string of the molecule is C=CCN(C)C(=O)[C@H]1[C@H]2C(=O)N([C@@H](CC)CO)C(C(=O)N(CC=C)CCN3CCOCC3)C23CC(C)[C@]1(C)O3. The van der Waals surface area contributed by atoms with E-state index in [1.165, 1.54) is 0 Å². The van der Waals surface area contributed by atoms with Gasteiger partial charge >= 0.3 is 0 Å². The zero-order valence-corrected chi connectivity index (χ0v) is 24.0. The van der Waals surface area contributed by atoms with Gasteiger partial charge in [0.25, 0.3) is 0 Å². The van der Waals surface area contributed by atoms with Crippen molar-refractivity contribution >= 4 is 17.7 Å². The fourth-order valence-corrected chi connectivity index (χ4v) is 7.37. The first kappa shape index (κ1) is 29.7. The van der Waals surface area contributed by atoms with Crippen LogP contribution >= 0.6 is 0 Å². The average molecular weight is 547 g/mol. The fourth-order valence-electron chi connectivity index (χ4n) is 7.37. The van der Waals surface area contributed by atoms with Crippen molar-refractivity contribution in [3.05, 3.63) is 25.3 Å². The van der Waals surface area contributed by atoms with Gasteiger partial charge in [0.15, 0.2) is 0 Å². The molecule has 3 amide bonds. The lowest BCUT2D eigenvalue weighted by Crippen LogP contribution is -2.59. The van der Waals surface area contributed by atoms with Crippen molar-refractivity contribution in [2.45, 2.75) is 56.9 Å². The van der Waals surface area contributed by atoms with Crippen molar-refractivity contribution in [3.8, 4) is 0 Å². The highest BCUT2D eigenvalue weighted by Gasteiger charge is 2.80. The Labute approximate surface area is 232 Å². The molecule has 39 heavy (non-hydrogen) atoms. The summed E-state index contributed by atoms with van der Waals surface area (Å²) in [6, 6.07) is -1.48. The summed E-state index contributed by atoms with van der Waals surface area (Å²) in [5, 5.41) is 10.3. The molecule has 1 N–H and O–H groups in total. The van der Waals surface area contributed by atoms with Crippen molar-refractivity contribution in [2.24, 2.45) is 17.8 Å². The van der Waals surface area contributed by atoms with Crippen LogP contribution in [0.5, 0.6) is 0 Å². The molecule has 10 heteroatoms. The summed E-state index contributed by atoms with van der Waals surface area (Å²) in [6.45, 7) is 18.0. The molecule has 4 heterocycles. The van der Waals surface area contributed by atoms with Crippen LogP contribution in [0.2, 0.25) is 0 Å². The summed E-state index contributed by atoms with van der Waals surface area (Å²) < 4.78 is 12.3. The summed E-state index contributed by atoms with van der Waals surface area (Å²) in [5.74, 6) is -2.23. The Kier molecular flexibility index (Phi) is 8.90. The average Bonchev–Trinajstić information content (AvgIpc) is 3.44. The van der Waals surface area contributed by atoms with Crippen molar-refractivity contribution in [2.75, 3.05) is 66.1 Å². The predicted octanol–water partition coefficient (Wildman–Crippen LogP) is 0.759. The molecule has 4 aliphatic heterocycles. The number of hydrogen-bond donors (Lipinski definition) is 1. The molecule has 4 aliphatic rings. The number of likely N-dealkylation sites (tertiary alicyclic amines) is 1. The number of fused-ring (bicyclic) bond motifs is 1. The van der Waals surface area contributed by atoms with Crippen LogP contribution in [0.15, 0.2) is 25.3 Å². The zero-order chi connectivity index (χ0) is 28.5. The van der Waals surface area contributed by atoms with E-state index in [0.717, 1.165) is 13.1 Å². The smallest absolute Gasteiger partial charge is 0.248 e. The molecule has 1 spiro atoms. The van der Waals surface area contributed by atoms with E-state index in [1.54, 1.807) is 33.9 Å².